The van der Waals surface area contributed by atoms with Crippen LogP contribution in [0.1, 0.15) is 31.9 Å². The van der Waals surface area contributed by atoms with Gasteiger partial charge in [-0.25, -0.2) is 4.99 Å². The van der Waals surface area contributed by atoms with Crippen molar-refractivity contribution < 1.29 is 4.74 Å². The number of guanidine groups is 1. The third-order valence-electron chi connectivity index (χ3n) is 4.00. The largest absolute Gasteiger partial charge is 0.377 e. The SMILES string of the molecule is CCNC(=NCc1ccccc1Cn1cccn1)NCC(C)(C)OC.I. The monoisotopic (exact) mass is 471 g/mol. The second-order valence-corrected chi connectivity index (χ2v) is 6.48. The van der Waals surface area contributed by atoms with Gasteiger partial charge in [0.2, 0.25) is 0 Å². The van der Waals surface area contributed by atoms with Crippen molar-refractivity contribution in [3.63, 3.8) is 0 Å². The van der Waals surface area contributed by atoms with Gasteiger partial charge in [0, 0.05) is 32.6 Å². The molecular weight excluding hydrogens is 441 g/mol. The summed E-state index contributed by atoms with van der Waals surface area (Å²) in [6, 6.07) is 10.3. The Morgan fingerprint density at radius 3 is 2.54 bits per heavy atom. The number of nitrogens with zero attached hydrogens (tertiary/aromatic N) is 3. The Balaban J connectivity index is 0.00000338. The summed E-state index contributed by atoms with van der Waals surface area (Å²) < 4.78 is 7.38. The van der Waals surface area contributed by atoms with E-state index in [1.807, 2.05) is 36.9 Å². The lowest BCUT2D eigenvalue weighted by Gasteiger charge is -2.24. The minimum absolute atomic E-state index is 0. The number of ether oxygens (including phenoxy) is 1. The van der Waals surface area contributed by atoms with Crippen molar-refractivity contribution in [1.82, 2.24) is 20.4 Å². The van der Waals surface area contributed by atoms with Gasteiger partial charge in [-0.05, 0) is 38.0 Å². The van der Waals surface area contributed by atoms with Crippen LogP contribution in [0.2, 0.25) is 0 Å². The van der Waals surface area contributed by atoms with Crippen molar-refractivity contribution in [3.8, 4) is 0 Å². The molecule has 0 atom stereocenters. The van der Waals surface area contributed by atoms with Crippen LogP contribution in [0.4, 0.5) is 0 Å². The molecule has 1 aromatic heterocycles. The number of halogens is 1. The highest BCUT2D eigenvalue weighted by Crippen LogP contribution is 2.12. The molecule has 144 valence electrons. The summed E-state index contributed by atoms with van der Waals surface area (Å²) in [6.45, 7) is 9.01. The molecule has 0 fully saturated rings. The summed E-state index contributed by atoms with van der Waals surface area (Å²) >= 11 is 0. The van der Waals surface area contributed by atoms with E-state index in [1.165, 1.54) is 11.1 Å². The number of benzene rings is 1. The van der Waals surface area contributed by atoms with E-state index in [0.717, 1.165) is 19.0 Å². The third-order valence-corrected chi connectivity index (χ3v) is 4.00. The Hall–Kier alpha value is -1.61. The Labute approximate surface area is 173 Å². The molecule has 0 aliphatic carbocycles. The van der Waals surface area contributed by atoms with E-state index in [-0.39, 0.29) is 29.6 Å². The first-order chi connectivity index (χ1) is 12.0. The molecule has 0 radical (unpaired) electrons. The normalized spacial score (nSPS) is 11.8. The molecule has 0 bridgehead atoms. The number of aliphatic imine (C=N–C) groups is 1. The van der Waals surface area contributed by atoms with Gasteiger partial charge in [0.1, 0.15) is 0 Å². The summed E-state index contributed by atoms with van der Waals surface area (Å²) in [6.07, 6.45) is 3.77. The second kappa shape index (κ2) is 11.2. The summed E-state index contributed by atoms with van der Waals surface area (Å²) in [5.41, 5.74) is 2.18. The standard InChI is InChI=1S/C19H29N5O.HI/c1-5-20-18(22-15-19(2,3)25-4)21-13-16-9-6-7-10-17(16)14-24-12-8-11-23-24;/h6-12H,5,13-15H2,1-4H3,(H2,20,21,22);1H. The second-order valence-electron chi connectivity index (χ2n) is 6.48. The highest BCUT2D eigenvalue weighted by Gasteiger charge is 2.16. The molecule has 2 rings (SSSR count). The number of rotatable bonds is 8. The molecule has 2 N–H and O–H groups in total. The summed E-state index contributed by atoms with van der Waals surface area (Å²) in [5, 5.41) is 10.9. The van der Waals surface area contributed by atoms with E-state index in [1.54, 1.807) is 13.3 Å². The van der Waals surface area contributed by atoms with Gasteiger partial charge in [-0.2, -0.15) is 5.10 Å². The van der Waals surface area contributed by atoms with E-state index < -0.39 is 0 Å². The maximum absolute atomic E-state index is 5.45. The molecule has 0 aliphatic rings. The summed E-state index contributed by atoms with van der Waals surface area (Å²) in [4.78, 5) is 4.72. The van der Waals surface area contributed by atoms with Gasteiger partial charge in [0.05, 0.1) is 18.7 Å². The Kier molecular flexibility index (Phi) is 9.64. The van der Waals surface area contributed by atoms with Crippen LogP contribution >= 0.6 is 24.0 Å². The molecular formula is C19H30IN5O. The quantitative estimate of drug-likeness (QED) is 0.353. The number of aromatic nitrogens is 2. The van der Waals surface area contributed by atoms with Crippen LogP contribution in [-0.2, 0) is 17.8 Å². The molecule has 0 saturated heterocycles. The van der Waals surface area contributed by atoms with Crippen LogP contribution in [0.3, 0.4) is 0 Å². The van der Waals surface area contributed by atoms with Crippen molar-refractivity contribution in [2.75, 3.05) is 20.2 Å². The van der Waals surface area contributed by atoms with Crippen molar-refractivity contribution in [1.29, 1.82) is 0 Å². The third kappa shape index (κ3) is 7.33. The average Bonchev–Trinajstić information content (AvgIpc) is 3.11. The van der Waals surface area contributed by atoms with Crippen LogP contribution < -0.4 is 10.6 Å². The Bertz CT molecular complexity index is 670. The first-order valence-corrected chi connectivity index (χ1v) is 8.65. The molecule has 6 nitrogen and oxygen atoms in total. The van der Waals surface area contributed by atoms with E-state index in [0.29, 0.717) is 13.1 Å². The van der Waals surface area contributed by atoms with Gasteiger partial charge in [-0.3, -0.25) is 4.68 Å². The molecule has 0 spiro atoms. The van der Waals surface area contributed by atoms with Gasteiger partial charge in [-0.1, -0.05) is 24.3 Å². The van der Waals surface area contributed by atoms with Crippen LogP contribution in [0.5, 0.6) is 0 Å². The molecule has 2 aromatic rings. The fourth-order valence-corrected chi connectivity index (χ4v) is 2.31. The number of hydrogen-bond donors (Lipinski definition) is 2. The zero-order valence-electron chi connectivity index (χ0n) is 16.0. The first kappa shape index (κ1) is 22.4. The van der Waals surface area contributed by atoms with Gasteiger partial charge in [-0.15, -0.1) is 24.0 Å². The minimum Gasteiger partial charge on any atom is -0.377 e. The first-order valence-electron chi connectivity index (χ1n) is 8.65. The number of methoxy groups -OCH3 is 1. The molecule has 0 amide bonds. The van der Waals surface area contributed by atoms with Crippen LogP contribution in [0.25, 0.3) is 0 Å². The highest BCUT2D eigenvalue weighted by molar-refractivity contribution is 14.0. The fourth-order valence-electron chi connectivity index (χ4n) is 2.31. The lowest BCUT2D eigenvalue weighted by molar-refractivity contribution is 0.0268. The molecule has 1 heterocycles. The van der Waals surface area contributed by atoms with E-state index >= 15 is 0 Å². The van der Waals surface area contributed by atoms with Gasteiger partial charge < -0.3 is 15.4 Å². The van der Waals surface area contributed by atoms with Crippen molar-refractivity contribution >= 4 is 29.9 Å². The predicted molar refractivity (Wildman–Crippen MR) is 117 cm³/mol. The highest BCUT2D eigenvalue weighted by atomic mass is 127. The fraction of sp³-hybridized carbons (Fsp3) is 0.474. The van der Waals surface area contributed by atoms with Crippen LogP contribution in [0.15, 0.2) is 47.7 Å². The number of nitrogens with one attached hydrogen (secondary N) is 2. The lowest BCUT2D eigenvalue weighted by atomic mass is 10.1. The van der Waals surface area contributed by atoms with Gasteiger partial charge in [0.15, 0.2) is 5.96 Å². The summed E-state index contributed by atoms with van der Waals surface area (Å²) in [7, 11) is 1.72. The Morgan fingerprint density at radius 2 is 1.92 bits per heavy atom. The van der Waals surface area contributed by atoms with E-state index in [9.17, 15) is 0 Å². The molecule has 26 heavy (non-hydrogen) atoms. The zero-order valence-corrected chi connectivity index (χ0v) is 18.4. The molecule has 1 aromatic carbocycles. The lowest BCUT2D eigenvalue weighted by Crippen LogP contribution is -2.45. The number of hydrogen-bond acceptors (Lipinski definition) is 3. The topological polar surface area (TPSA) is 63.5 Å². The van der Waals surface area contributed by atoms with Crippen LogP contribution in [-0.4, -0.2) is 41.5 Å². The van der Waals surface area contributed by atoms with E-state index in [2.05, 4.69) is 40.9 Å². The van der Waals surface area contributed by atoms with Crippen LogP contribution in [0, 0.1) is 0 Å². The maximum atomic E-state index is 5.45. The Morgan fingerprint density at radius 1 is 1.19 bits per heavy atom. The smallest absolute Gasteiger partial charge is 0.191 e. The van der Waals surface area contributed by atoms with Gasteiger partial charge >= 0.3 is 0 Å². The molecule has 0 saturated carbocycles. The molecule has 0 aliphatic heterocycles. The van der Waals surface area contributed by atoms with Crippen molar-refractivity contribution in [2.24, 2.45) is 4.99 Å². The van der Waals surface area contributed by atoms with Crippen molar-refractivity contribution in [3.05, 3.63) is 53.9 Å². The maximum Gasteiger partial charge on any atom is 0.191 e. The molecule has 7 heteroatoms. The van der Waals surface area contributed by atoms with E-state index in [4.69, 9.17) is 9.73 Å². The van der Waals surface area contributed by atoms with Gasteiger partial charge in [0.25, 0.3) is 0 Å². The zero-order chi connectivity index (χ0) is 18.1. The summed E-state index contributed by atoms with van der Waals surface area (Å²) in [5.74, 6) is 0.793. The molecule has 0 unspecified atom stereocenters. The average molecular weight is 471 g/mol. The predicted octanol–water partition coefficient (Wildman–Crippen LogP) is 3.03. The minimum atomic E-state index is -0.242. The van der Waals surface area contributed by atoms with Crippen molar-refractivity contribution in [2.45, 2.75) is 39.5 Å².